The minimum Gasteiger partial charge on any atom is -0.365 e. The van der Waals surface area contributed by atoms with Crippen molar-refractivity contribution in [2.75, 3.05) is 23.3 Å². The van der Waals surface area contributed by atoms with E-state index in [1.165, 1.54) is 0 Å². The number of nitrogens with zero attached hydrogens (tertiary/aromatic N) is 5. The van der Waals surface area contributed by atoms with Gasteiger partial charge in [0.2, 0.25) is 5.95 Å². The van der Waals surface area contributed by atoms with Crippen molar-refractivity contribution < 1.29 is 0 Å². The van der Waals surface area contributed by atoms with Gasteiger partial charge in [0.15, 0.2) is 5.82 Å². The molecule has 1 saturated heterocycles. The smallest absolute Gasteiger partial charge is 0.246 e. The van der Waals surface area contributed by atoms with Crippen LogP contribution in [0, 0.1) is 0 Å². The molecule has 4 heterocycles. The largest absolute Gasteiger partial charge is 0.365 e. The summed E-state index contributed by atoms with van der Waals surface area (Å²) < 4.78 is 2.78. The molecule has 1 N–H and O–H groups in total. The number of fused-ring (bicyclic) bond motifs is 1. The molecule has 3 aromatic rings. The SMILES string of the molecule is C=CCNc1nc(N2CCCC2c2ccccn2)nn2c(Br)ccc12. The summed E-state index contributed by atoms with van der Waals surface area (Å²) in [5, 5.41) is 8.07. The molecule has 0 aliphatic carbocycles. The average molecular weight is 399 g/mol. The number of anilines is 2. The second-order valence-corrected chi connectivity index (χ2v) is 6.80. The van der Waals surface area contributed by atoms with Gasteiger partial charge >= 0.3 is 0 Å². The topological polar surface area (TPSA) is 58.4 Å². The molecule has 1 unspecified atom stereocenters. The van der Waals surface area contributed by atoms with Crippen molar-refractivity contribution in [3.63, 3.8) is 0 Å². The van der Waals surface area contributed by atoms with E-state index in [1.807, 2.05) is 41.1 Å². The number of halogens is 1. The summed E-state index contributed by atoms with van der Waals surface area (Å²) in [4.78, 5) is 11.6. The fourth-order valence-electron chi connectivity index (χ4n) is 3.26. The standard InChI is InChI=1S/C18H19BrN6/c1-2-10-21-17-15-8-9-16(19)25(15)23-18(22-17)24-12-5-7-14(24)13-6-3-4-11-20-13/h2-4,6,8-9,11,14H,1,5,7,10,12H2,(H,21,22,23). The van der Waals surface area contributed by atoms with Crippen LogP contribution >= 0.6 is 15.9 Å². The molecule has 7 heteroatoms. The van der Waals surface area contributed by atoms with E-state index in [2.05, 4.69) is 43.8 Å². The Morgan fingerprint density at radius 2 is 2.24 bits per heavy atom. The molecule has 0 spiro atoms. The summed E-state index contributed by atoms with van der Waals surface area (Å²) in [6.07, 6.45) is 5.82. The van der Waals surface area contributed by atoms with Gasteiger partial charge in [-0.25, -0.2) is 4.52 Å². The van der Waals surface area contributed by atoms with E-state index in [0.29, 0.717) is 12.5 Å². The van der Waals surface area contributed by atoms with E-state index < -0.39 is 0 Å². The third-order valence-electron chi connectivity index (χ3n) is 4.41. The van der Waals surface area contributed by atoms with Crippen LogP contribution in [0.3, 0.4) is 0 Å². The number of rotatable bonds is 5. The molecule has 3 aromatic heterocycles. The Morgan fingerprint density at radius 3 is 3.04 bits per heavy atom. The molecule has 1 aliphatic rings. The minimum absolute atomic E-state index is 0.209. The Kier molecular flexibility index (Phi) is 4.40. The van der Waals surface area contributed by atoms with Crippen molar-refractivity contribution in [2.45, 2.75) is 18.9 Å². The van der Waals surface area contributed by atoms with Crippen molar-refractivity contribution in [1.29, 1.82) is 0 Å². The maximum atomic E-state index is 4.80. The van der Waals surface area contributed by atoms with Gasteiger partial charge in [0.1, 0.15) is 10.1 Å². The minimum atomic E-state index is 0.209. The van der Waals surface area contributed by atoms with E-state index >= 15 is 0 Å². The highest BCUT2D eigenvalue weighted by molar-refractivity contribution is 9.10. The summed E-state index contributed by atoms with van der Waals surface area (Å²) in [5.41, 5.74) is 2.00. The first-order valence-electron chi connectivity index (χ1n) is 8.35. The summed E-state index contributed by atoms with van der Waals surface area (Å²) in [6, 6.07) is 10.2. The van der Waals surface area contributed by atoms with Crippen LogP contribution in [0.2, 0.25) is 0 Å². The van der Waals surface area contributed by atoms with Crippen molar-refractivity contribution in [2.24, 2.45) is 0 Å². The molecule has 1 atom stereocenters. The Morgan fingerprint density at radius 1 is 1.32 bits per heavy atom. The molecular formula is C18H19BrN6. The predicted molar refractivity (Wildman–Crippen MR) is 103 cm³/mol. The Bertz CT molecular complexity index is 891. The van der Waals surface area contributed by atoms with Crippen molar-refractivity contribution in [1.82, 2.24) is 19.6 Å². The third-order valence-corrected chi connectivity index (χ3v) is 5.01. The van der Waals surface area contributed by atoms with Gasteiger partial charge in [0.05, 0.1) is 11.7 Å². The highest BCUT2D eigenvalue weighted by Gasteiger charge is 2.30. The zero-order chi connectivity index (χ0) is 17.2. The summed E-state index contributed by atoms with van der Waals surface area (Å²) in [6.45, 7) is 5.35. The first kappa shape index (κ1) is 16.1. The fraction of sp³-hybridized carbons (Fsp3) is 0.278. The number of hydrogen-bond donors (Lipinski definition) is 1. The van der Waals surface area contributed by atoms with Crippen molar-refractivity contribution in [3.05, 3.63) is 59.5 Å². The molecule has 1 fully saturated rings. The zero-order valence-corrected chi connectivity index (χ0v) is 15.4. The molecule has 0 amide bonds. The summed E-state index contributed by atoms with van der Waals surface area (Å²) >= 11 is 3.57. The van der Waals surface area contributed by atoms with Gasteiger partial charge in [-0.15, -0.1) is 11.7 Å². The lowest BCUT2D eigenvalue weighted by atomic mass is 10.1. The molecule has 1 aliphatic heterocycles. The second-order valence-electron chi connectivity index (χ2n) is 5.99. The quantitative estimate of drug-likeness (QED) is 0.661. The molecule has 0 aromatic carbocycles. The van der Waals surface area contributed by atoms with Crippen LogP contribution in [0.4, 0.5) is 11.8 Å². The monoisotopic (exact) mass is 398 g/mol. The van der Waals surface area contributed by atoms with Crippen LogP contribution in [0.1, 0.15) is 24.6 Å². The lowest BCUT2D eigenvalue weighted by Crippen LogP contribution is -2.26. The number of pyridine rings is 1. The van der Waals surface area contributed by atoms with Crippen LogP contribution in [0.15, 0.2) is 53.8 Å². The molecule has 6 nitrogen and oxygen atoms in total. The first-order valence-corrected chi connectivity index (χ1v) is 9.15. The Balaban J connectivity index is 1.77. The van der Waals surface area contributed by atoms with Gasteiger partial charge in [-0.3, -0.25) is 4.98 Å². The normalized spacial score (nSPS) is 17.2. The Hall–Kier alpha value is -2.41. The lowest BCUT2D eigenvalue weighted by molar-refractivity contribution is 0.669. The van der Waals surface area contributed by atoms with E-state index in [1.54, 1.807) is 0 Å². The van der Waals surface area contributed by atoms with Crippen molar-refractivity contribution >= 4 is 33.2 Å². The number of nitrogens with one attached hydrogen (secondary N) is 1. The number of aromatic nitrogens is 4. The molecule has 128 valence electrons. The van der Waals surface area contributed by atoms with Gasteiger partial charge in [-0.2, -0.15) is 4.98 Å². The van der Waals surface area contributed by atoms with E-state index in [0.717, 1.165) is 41.0 Å². The summed E-state index contributed by atoms with van der Waals surface area (Å²) in [5.74, 6) is 1.52. The van der Waals surface area contributed by atoms with Gasteiger partial charge in [0, 0.05) is 19.3 Å². The predicted octanol–water partition coefficient (Wildman–Crippen LogP) is 3.83. The van der Waals surface area contributed by atoms with Crippen molar-refractivity contribution in [3.8, 4) is 0 Å². The van der Waals surface area contributed by atoms with E-state index in [4.69, 9.17) is 10.1 Å². The van der Waals surface area contributed by atoms with Crippen LogP contribution in [-0.4, -0.2) is 32.7 Å². The molecule has 0 radical (unpaired) electrons. The second kappa shape index (κ2) is 6.84. The molecular weight excluding hydrogens is 380 g/mol. The fourth-order valence-corrected chi connectivity index (χ4v) is 3.66. The maximum Gasteiger partial charge on any atom is 0.246 e. The number of hydrogen-bond acceptors (Lipinski definition) is 5. The molecule has 0 bridgehead atoms. The van der Waals surface area contributed by atoms with Gasteiger partial charge in [-0.05, 0) is 53.0 Å². The average Bonchev–Trinajstić information content (AvgIpc) is 3.28. The highest BCUT2D eigenvalue weighted by atomic mass is 79.9. The highest BCUT2D eigenvalue weighted by Crippen LogP contribution is 2.34. The molecule has 0 saturated carbocycles. The summed E-state index contributed by atoms with van der Waals surface area (Å²) in [7, 11) is 0. The van der Waals surface area contributed by atoms with Crippen LogP contribution in [0.25, 0.3) is 5.52 Å². The lowest BCUT2D eigenvalue weighted by Gasteiger charge is -2.24. The zero-order valence-electron chi connectivity index (χ0n) is 13.8. The Labute approximate surface area is 154 Å². The third kappa shape index (κ3) is 3.00. The maximum absolute atomic E-state index is 4.80. The van der Waals surface area contributed by atoms with E-state index in [-0.39, 0.29) is 6.04 Å². The van der Waals surface area contributed by atoms with Gasteiger partial charge < -0.3 is 10.2 Å². The first-order chi connectivity index (χ1) is 12.3. The molecule has 4 rings (SSSR count). The van der Waals surface area contributed by atoms with Crippen LogP contribution < -0.4 is 10.2 Å². The van der Waals surface area contributed by atoms with Crippen LogP contribution in [0.5, 0.6) is 0 Å². The van der Waals surface area contributed by atoms with Crippen LogP contribution in [-0.2, 0) is 0 Å². The van der Waals surface area contributed by atoms with Gasteiger partial charge in [0.25, 0.3) is 0 Å². The van der Waals surface area contributed by atoms with Gasteiger partial charge in [-0.1, -0.05) is 12.1 Å². The van der Waals surface area contributed by atoms with E-state index in [9.17, 15) is 0 Å². The molecule has 25 heavy (non-hydrogen) atoms.